The molecule has 6 heteroatoms. The van der Waals surface area contributed by atoms with Crippen LogP contribution in [0, 0.1) is 11.3 Å². The van der Waals surface area contributed by atoms with E-state index in [9.17, 15) is 0 Å². The summed E-state index contributed by atoms with van der Waals surface area (Å²) in [5.74, 6) is 0.572. The van der Waals surface area contributed by atoms with Crippen molar-refractivity contribution in [2.45, 2.75) is 0 Å². The number of benzene rings is 2. The molecule has 0 aliphatic carbocycles. The lowest BCUT2D eigenvalue weighted by molar-refractivity contribution is 0.587. The van der Waals surface area contributed by atoms with E-state index in [1.54, 1.807) is 18.3 Å². The lowest BCUT2D eigenvalue weighted by Gasteiger charge is -1.96. The molecule has 3 aromatic rings. The van der Waals surface area contributed by atoms with Gasteiger partial charge in [0.25, 0.3) is 5.88 Å². The molecule has 0 radical (unpaired) electrons. The Kier molecular flexibility index (Phi) is 4.37. The van der Waals surface area contributed by atoms with Gasteiger partial charge in [-0.05, 0) is 29.8 Å². The Morgan fingerprint density at radius 1 is 1.13 bits per heavy atom. The van der Waals surface area contributed by atoms with Crippen molar-refractivity contribution in [3.8, 4) is 17.5 Å². The number of nitrogens with one attached hydrogen (secondary N) is 1. The van der Waals surface area contributed by atoms with E-state index >= 15 is 0 Å². The zero-order chi connectivity index (χ0) is 16.1. The van der Waals surface area contributed by atoms with Gasteiger partial charge in [0, 0.05) is 10.6 Å². The molecule has 5 nitrogen and oxygen atoms in total. The van der Waals surface area contributed by atoms with E-state index in [-0.39, 0.29) is 11.6 Å². The molecule has 0 fully saturated rings. The number of aromatic nitrogens is 1. The second kappa shape index (κ2) is 6.77. The van der Waals surface area contributed by atoms with Crippen molar-refractivity contribution in [1.82, 2.24) is 4.98 Å². The summed E-state index contributed by atoms with van der Waals surface area (Å²) in [6.07, 6.45) is 1.60. The monoisotopic (exact) mass is 322 g/mol. The summed E-state index contributed by atoms with van der Waals surface area (Å²) >= 11 is 5.82. The van der Waals surface area contributed by atoms with Crippen LogP contribution in [0.4, 0.5) is 5.88 Å². The summed E-state index contributed by atoms with van der Waals surface area (Å²) in [6.45, 7) is 0. The van der Waals surface area contributed by atoms with Crippen molar-refractivity contribution in [1.29, 1.82) is 5.26 Å². The molecule has 1 aromatic heterocycles. The molecule has 0 amide bonds. The molecule has 1 N–H and O–H groups in total. The highest BCUT2D eigenvalue weighted by Crippen LogP contribution is 2.24. The molecule has 23 heavy (non-hydrogen) atoms. The summed E-state index contributed by atoms with van der Waals surface area (Å²) in [6, 6.07) is 18.5. The van der Waals surface area contributed by atoms with Gasteiger partial charge < -0.3 is 4.42 Å². The third kappa shape index (κ3) is 3.57. The van der Waals surface area contributed by atoms with Crippen LogP contribution < -0.4 is 5.43 Å². The van der Waals surface area contributed by atoms with Gasteiger partial charge in [-0.15, -0.1) is 0 Å². The van der Waals surface area contributed by atoms with E-state index in [0.717, 1.165) is 11.1 Å². The fraction of sp³-hybridized carbons (Fsp3) is 0. The quantitative estimate of drug-likeness (QED) is 0.573. The molecule has 0 aliphatic heterocycles. The molecule has 0 spiro atoms. The third-order valence-electron chi connectivity index (χ3n) is 3.00. The molecule has 0 aliphatic rings. The Balaban J connectivity index is 1.79. The Hall–Kier alpha value is -3.10. The highest BCUT2D eigenvalue weighted by atomic mass is 35.5. The van der Waals surface area contributed by atoms with Crippen LogP contribution in [0.15, 0.2) is 64.1 Å². The maximum Gasteiger partial charge on any atom is 0.252 e. The van der Waals surface area contributed by atoms with Crippen LogP contribution >= 0.6 is 11.6 Å². The number of nitriles is 1. The molecule has 0 atom stereocenters. The van der Waals surface area contributed by atoms with Gasteiger partial charge in [-0.3, -0.25) is 0 Å². The molecule has 0 bridgehead atoms. The van der Waals surface area contributed by atoms with Crippen molar-refractivity contribution in [3.05, 3.63) is 70.9 Å². The topological polar surface area (TPSA) is 74.2 Å². The number of nitrogens with zero attached hydrogens (tertiary/aromatic N) is 3. The predicted octanol–water partition coefficient (Wildman–Crippen LogP) is 4.31. The van der Waals surface area contributed by atoms with Crippen molar-refractivity contribution < 1.29 is 4.42 Å². The maximum atomic E-state index is 9.15. The molecule has 112 valence electrons. The number of hydrazone groups is 1. The van der Waals surface area contributed by atoms with Gasteiger partial charge in [-0.1, -0.05) is 41.9 Å². The molecule has 3 rings (SSSR count). The average molecular weight is 323 g/mol. The predicted molar refractivity (Wildman–Crippen MR) is 89.3 cm³/mol. The Morgan fingerprint density at radius 2 is 1.87 bits per heavy atom. The number of hydrogen-bond donors (Lipinski definition) is 1. The number of halogens is 1. The van der Waals surface area contributed by atoms with E-state index in [1.165, 1.54) is 0 Å². The fourth-order valence-corrected chi connectivity index (χ4v) is 2.02. The Labute approximate surface area is 137 Å². The minimum atomic E-state index is 0.150. The standard InChI is InChI=1S/C17H11ClN4O/c18-14-8-6-12(7-9-14)11-20-22-17-15(10-19)21-16(23-17)13-4-2-1-3-5-13/h1-9,11,22H/b20-11-. The van der Waals surface area contributed by atoms with Crippen molar-refractivity contribution >= 4 is 23.7 Å². The maximum absolute atomic E-state index is 9.15. The molecule has 0 saturated heterocycles. The summed E-state index contributed by atoms with van der Waals surface area (Å²) < 4.78 is 5.57. The fourth-order valence-electron chi connectivity index (χ4n) is 1.89. The SMILES string of the molecule is N#Cc1nc(-c2ccccc2)oc1N/N=C\c1ccc(Cl)cc1. The third-order valence-corrected chi connectivity index (χ3v) is 3.26. The molecule has 0 saturated carbocycles. The largest absolute Gasteiger partial charge is 0.417 e. The summed E-state index contributed by atoms with van der Waals surface area (Å²) in [5.41, 5.74) is 4.51. The van der Waals surface area contributed by atoms with Crippen LogP contribution in [0.5, 0.6) is 0 Å². The van der Waals surface area contributed by atoms with E-state index in [1.807, 2.05) is 48.5 Å². The summed E-state index contributed by atoms with van der Waals surface area (Å²) in [4.78, 5) is 4.15. The highest BCUT2D eigenvalue weighted by molar-refractivity contribution is 6.30. The minimum absolute atomic E-state index is 0.150. The van der Waals surface area contributed by atoms with Crippen LogP contribution in [0.2, 0.25) is 5.02 Å². The van der Waals surface area contributed by atoms with E-state index < -0.39 is 0 Å². The first kappa shape index (κ1) is 14.8. The first-order valence-corrected chi connectivity index (χ1v) is 7.15. The van der Waals surface area contributed by atoms with Gasteiger partial charge in [0.15, 0.2) is 0 Å². The minimum Gasteiger partial charge on any atom is -0.417 e. The van der Waals surface area contributed by atoms with E-state index in [2.05, 4.69) is 15.5 Å². The zero-order valence-corrected chi connectivity index (χ0v) is 12.7. The Morgan fingerprint density at radius 3 is 2.57 bits per heavy atom. The number of hydrogen-bond acceptors (Lipinski definition) is 5. The van der Waals surface area contributed by atoms with Crippen LogP contribution in [0.3, 0.4) is 0 Å². The van der Waals surface area contributed by atoms with Crippen LogP contribution in [-0.2, 0) is 0 Å². The van der Waals surface area contributed by atoms with Gasteiger partial charge >= 0.3 is 0 Å². The van der Waals surface area contributed by atoms with Crippen LogP contribution in [0.1, 0.15) is 11.3 Å². The lowest BCUT2D eigenvalue weighted by Crippen LogP contribution is -1.91. The Bertz CT molecular complexity index is 864. The van der Waals surface area contributed by atoms with Gasteiger partial charge in [0.1, 0.15) is 6.07 Å². The summed E-state index contributed by atoms with van der Waals surface area (Å²) in [5, 5.41) is 13.9. The van der Waals surface area contributed by atoms with Crippen LogP contribution in [-0.4, -0.2) is 11.2 Å². The highest BCUT2D eigenvalue weighted by Gasteiger charge is 2.13. The molecular formula is C17H11ClN4O. The second-order valence-electron chi connectivity index (χ2n) is 4.60. The second-order valence-corrected chi connectivity index (χ2v) is 5.03. The smallest absolute Gasteiger partial charge is 0.252 e. The first-order chi connectivity index (χ1) is 11.3. The van der Waals surface area contributed by atoms with E-state index in [4.69, 9.17) is 21.3 Å². The van der Waals surface area contributed by atoms with Gasteiger partial charge in [0.2, 0.25) is 11.6 Å². The molecule has 1 heterocycles. The van der Waals surface area contributed by atoms with Gasteiger partial charge in [0.05, 0.1) is 6.21 Å². The first-order valence-electron chi connectivity index (χ1n) is 6.77. The number of rotatable bonds is 4. The van der Waals surface area contributed by atoms with Gasteiger partial charge in [-0.2, -0.15) is 15.3 Å². The zero-order valence-electron chi connectivity index (χ0n) is 11.9. The van der Waals surface area contributed by atoms with Crippen molar-refractivity contribution in [3.63, 3.8) is 0 Å². The average Bonchev–Trinajstić information content (AvgIpc) is 3.01. The van der Waals surface area contributed by atoms with Crippen molar-refractivity contribution in [2.75, 3.05) is 5.43 Å². The number of oxazole rings is 1. The molecular weight excluding hydrogens is 312 g/mol. The van der Waals surface area contributed by atoms with E-state index in [0.29, 0.717) is 10.9 Å². The lowest BCUT2D eigenvalue weighted by atomic mass is 10.2. The molecule has 0 unspecified atom stereocenters. The normalized spacial score (nSPS) is 10.6. The molecule has 2 aromatic carbocycles. The van der Waals surface area contributed by atoms with Gasteiger partial charge in [-0.25, -0.2) is 5.43 Å². The van der Waals surface area contributed by atoms with Crippen molar-refractivity contribution in [2.24, 2.45) is 5.10 Å². The summed E-state index contributed by atoms with van der Waals surface area (Å²) in [7, 11) is 0. The van der Waals surface area contributed by atoms with Crippen LogP contribution in [0.25, 0.3) is 11.5 Å². The number of anilines is 1.